The third-order valence-electron chi connectivity index (χ3n) is 2.39. The van der Waals surface area contributed by atoms with Gasteiger partial charge in [0.05, 0.1) is 12.2 Å². The van der Waals surface area contributed by atoms with Crippen molar-refractivity contribution in [2.75, 3.05) is 11.9 Å². The van der Waals surface area contributed by atoms with Gasteiger partial charge in [-0.25, -0.2) is 0 Å². The van der Waals surface area contributed by atoms with Crippen molar-refractivity contribution in [3.63, 3.8) is 0 Å². The van der Waals surface area contributed by atoms with E-state index < -0.39 is 0 Å². The molecule has 0 radical (unpaired) electrons. The lowest BCUT2D eigenvalue weighted by molar-refractivity contribution is -0.118. The number of nitrogens with one attached hydrogen (secondary N) is 3. The Balaban J connectivity index is 1.88. The van der Waals surface area contributed by atoms with Crippen molar-refractivity contribution >= 4 is 11.7 Å². The van der Waals surface area contributed by atoms with Gasteiger partial charge in [0.25, 0.3) is 0 Å². The first kappa shape index (κ1) is 9.21. The number of aromatic amines is 1. The molecular weight excluding hydrogens is 180 g/mol. The summed E-state index contributed by atoms with van der Waals surface area (Å²) in [5.74, 6) is 0.677. The second-order valence-electron chi connectivity index (χ2n) is 3.46. The van der Waals surface area contributed by atoms with Gasteiger partial charge in [0.1, 0.15) is 5.82 Å². The number of amides is 1. The molecule has 0 aliphatic carbocycles. The zero-order chi connectivity index (χ0) is 9.80. The number of aromatic nitrogens is 2. The molecule has 0 bridgehead atoms. The number of nitrogens with zero attached hydrogens (tertiary/aromatic N) is 1. The second-order valence-corrected chi connectivity index (χ2v) is 3.46. The molecular formula is C9H14N4O. The number of H-pyrrole nitrogens is 1. The molecule has 2 rings (SSSR count). The van der Waals surface area contributed by atoms with Crippen LogP contribution < -0.4 is 10.6 Å². The Morgan fingerprint density at radius 3 is 3.14 bits per heavy atom. The van der Waals surface area contributed by atoms with E-state index in [1.54, 1.807) is 12.3 Å². The SMILES string of the molecule is O=C(Nc1ccn[nH]1)[C@@H]1CCCCN1. The smallest absolute Gasteiger partial charge is 0.242 e. The highest BCUT2D eigenvalue weighted by molar-refractivity contribution is 5.94. The first-order valence-electron chi connectivity index (χ1n) is 4.90. The summed E-state index contributed by atoms with van der Waals surface area (Å²) in [5.41, 5.74) is 0. The summed E-state index contributed by atoms with van der Waals surface area (Å²) >= 11 is 0. The molecule has 1 aromatic rings. The van der Waals surface area contributed by atoms with Crippen molar-refractivity contribution in [1.82, 2.24) is 15.5 Å². The highest BCUT2D eigenvalue weighted by Gasteiger charge is 2.20. The van der Waals surface area contributed by atoms with Crippen molar-refractivity contribution in [1.29, 1.82) is 0 Å². The molecule has 1 aliphatic rings. The van der Waals surface area contributed by atoms with E-state index in [0.29, 0.717) is 5.82 Å². The monoisotopic (exact) mass is 194 g/mol. The molecule has 1 fully saturated rings. The van der Waals surface area contributed by atoms with E-state index in [1.807, 2.05) is 0 Å². The predicted octanol–water partition coefficient (Wildman–Crippen LogP) is 0.490. The summed E-state index contributed by atoms with van der Waals surface area (Å²) < 4.78 is 0. The number of carbonyl (C=O) groups is 1. The van der Waals surface area contributed by atoms with E-state index in [4.69, 9.17) is 0 Å². The van der Waals surface area contributed by atoms with Crippen LogP contribution in [0.4, 0.5) is 5.82 Å². The molecule has 1 aromatic heterocycles. The predicted molar refractivity (Wildman–Crippen MR) is 52.9 cm³/mol. The van der Waals surface area contributed by atoms with Crippen LogP contribution in [0.1, 0.15) is 19.3 Å². The first-order chi connectivity index (χ1) is 6.86. The van der Waals surface area contributed by atoms with E-state index >= 15 is 0 Å². The zero-order valence-electron chi connectivity index (χ0n) is 7.92. The molecule has 0 saturated carbocycles. The molecule has 5 nitrogen and oxygen atoms in total. The molecule has 5 heteroatoms. The molecule has 0 spiro atoms. The summed E-state index contributed by atoms with van der Waals surface area (Å²) in [6.45, 7) is 0.932. The molecule has 1 aliphatic heterocycles. The van der Waals surface area contributed by atoms with Crippen LogP contribution in [-0.2, 0) is 4.79 Å². The Bertz CT molecular complexity index is 290. The number of hydrogen-bond donors (Lipinski definition) is 3. The molecule has 1 atom stereocenters. The molecule has 2 heterocycles. The van der Waals surface area contributed by atoms with Crippen molar-refractivity contribution < 1.29 is 4.79 Å². The Morgan fingerprint density at radius 1 is 1.57 bits per heavy atom. The zero-order valence-corrected chi connectivity index (χ0v) is 7.92. The van der Waals surface area contributed by atoms with Crippen molar-refractivity contribution in [2.24, 2.45) is 0 Å². The minimum Gasteiger partial charge on any atom is -0.310 e. The fourth-order valence-corrected chi connectivity index (χ4v) is 1.62. The minimum absolute atomic E-state index is 0.0222. The van der Waals surface area contributed by atoms with Gasteiger partial charge in [-0.3, -0.25) is 9.89 Å². The second kappa shape index (κ2) is 4.23. The average Bonchev–Trinajstić information content (AvgIpc) is 2.72. The Kier molecular flexibility index (Phi) is 2.78. The lowest BCUT2D eigenvalue weighted by Gasteiger charge is -2.21. The standard InChI is InChI=1S/C9H14N4O/c14-9(7-3-1-2-5-10-7)12-8-4-6-11-13-8/h4,6-7,10H,1-3,5H2,(H2,11,12,13,14)/t7-/m0/s1. The van der Waals surface area contributed by atoms with Gasteiger partial charge in [-0.05, 0) is 19.4 Å². The molecule has 0 aromatic carbocycles. The molecule has 14 heavy (non-hydrogen) atoms. The molecule has 76 valence electrons. The van der Waals surface area contributed by atoms with E-state index in [0.717, 1.165) is 25.8 Å². The quantitative estimate of drug-likeness (QED) is 0.641. The summed E-state index contributed by atoms with van der Waals surface area (Å²) in [4.78, 5) is 11.6. The van der Waals surface area contributed by atoms with Gasteiger partial charge < -0.3 is 10.6 Å². The normalized spacial score (nSPS) is 21.9. The Labute approximate surface area is 82.3 Å². The van der Waals surface area contributed by atoms with Crippen LogP contribution in [0.15, 0.2) is 12.3 Å². The summed E-state index contributed by atoms with van der Waals surface area (Å²) in [6, 6.07) is 1.69. The largest absolute Gasteiger partial charge is 0.310 e. The van der Waals surface area contributed by atoms with Crippen LogP contribution in [0.2, 0.25) is 0 Å². The highest BCUT2D eigenvalue weighted by atomic mass is 16.2. The van der Waals surface area contributed by atoms with Crippen molar-refractivity contribution in [3.8, 4) is 0 Å². The van der Waals surface area contributed by atoms with Gasteiger partial charge in [0, 0.05) is 6.07 Å². The Morgan fingerprint density at radius 2 is 2.50 bits per heavy atom. The molecule has 0 unspecified atom stereocenters. The third kappa shape index (κ3) is 2.11. The number of anilines is 1. The molecule has 3 N–H and O–H groups in total. The van der Waals surface area contributed by atoms with Crippen LogP contribution in [0, 0.1) is 0 Å². The maximum absolute atomic E-state index is 11.6. The average molecular weight is 194 g/mol. The fourth-order valence-electron chi connectivity index (χ4n) is 1.62. The highest BCUT2D eigenvalue weighted by Crippen LogP contribution is 2.09. The number of hydrogen-bond acceptors (Lipinski definition) is 3. The van der Waals surface area contributed by atoms with E-state index in [2.05, 4.69) is 20.8 Å². The number of rotatable bonds is 2. The van der Waals surface area contributed by atoms with E-state index in [1.165, 1.54) is 0 Å². The van der Waals surface area contributed by atoms with E-state index in [9.17, 15) is 4.79 Å². The van der Waals surface area contributed by atoms with Crippen molar-refractivity contribution in [3.05, 3.63) is 12.3 Å². The van der Waals surface area contributed by atoms with Crippen molar-refractivity contribution in [2.45, 2.75) is 25.3 Å². The topological polar surface area (TPSA) is 69.8 Å². The maximum Gasteiger partial charge on any atom is 0.242 e. The van der Waals surface area contributed by atoms with Gasteiger partial charge in [0.15, 0.2) is 0 Å². The van der Waals surface area contributed by atoms with Gasteiger partial charge in [-0.1, -0.05) is 6.42 Å². The van der Waals surface area contributed by atoms with Gasteiger partial charge in [-0.2, -0.15) is 5.10 Å². The number of piperidine rings is 1. The molecule has 1 amide bonds. The third-order valence-corrected chi connectivity index (χ3v) is 2.39. The first-order valence-corrected chi connectivity index (χ1v) is 4.90. The van der Waals surface area contributed by atoms with Crippen LogP contribution in [0.5, 0.6) is 0 Å². The molecule has 1 saturated heterocycles. The maximum atomic E-state index is 11.6. The lowest BCUT2D eigenvalue weighted by atomic mass is 10.0. The fraction of sp³-hybridized carbons (Fsp3) is 0.556. The van der Waals surface area contributed by atoms with Crippen LogP contribution in [-0.4, -0.2) is 28.7 Å². The van der Waals surface area contributed by atoms with Crippen LogP contribution in [0.3, 0.4) is 0 Å². The summed E-state index contributed by atoms with van der Waals surface area (Å²) in [6.07, 6.45) is 4.81. The van der Waals surface area contributed by atoms with Gasteiger partial charge >= 0.3 is 0 Å². The summed E-state index contributed by atoms with van der Waals surface area (Å²) in [5, 5.41) is 12.4. The van der Waals surface area contributed by atoms with Crippen LogP contribution in [0.25, 0.3) is 0 Å². The Hall–Kier alpha value is -1.36. The summed E-state index contributed by atoms with van der Waals surface area (Å²) in [7, 11) is 0. The van der Waals surface area contributed by atoms with Gasteiger partial charge in [-0.15, -0.1) is 0 Å². The number of carbonyl (C=O) groups excluding carboxylic acids is 1. The minimum atomic E-state index is -0.0490. The van der Waals surface area contributed by atoms with Crippen LogP contribution >= 0.6 is 0 Å². The lowest BCUT2D eigenvalue weighted by Crippen LogP contribution is -2.43. The van der Waals surface area contributed by atoms with Gasteiger partial charge in [0.2, 0.25) is 5.91 Å². The van der Waals surface area contributed by atoms with E-state index in [-0.39, 0.29) is 11.9 Å².